The maximum Gasteiger partial charge on any atom is 0.573 e. The molecule has 0 aliphatic heterocycles. The van der Waals surface area contributed by atoms with Crippen molar-refractivity contribution in [2.24, 2.45) is 0 Å². The first kappa shape index (κ1) is 15.7. The van der Waals surface area contributed by atoms with Crippen molar-refractivity contribution in [3.05, 3.63) is 60.4 Å². The highest BCUT2D eigenvalue weighted by molar-refractivity contribution is 5.55. The number of rotatable bonds is 4. The Balaban J connectivity index is 1.52. The van der Waals surface area contributed by atoms with Gasteiger partial charge in [-0.1, -0.05) is 24.3 Å². The minimum absolute atomic E-state index is 0.271. The van der Waals surface area contributed by atoms with Crippen molar-refractivity contribution in [2.75, 3.05) is 0 Å². The topological polar surface area (TPSA) is 39.9 Å². The molecule has 1 aliphatic carbocycles. The van der Waals surface area contributed by atoms with Crippen LogP contribution in [0.2, 0.25) is 0 Å². The molecule has 0 bridgehead atoms. The molecule has 1 aromatic heterocycles. The van der Waals surface area contributed by atoms with Gasteiger partial charge >= 0.3 is 6.36 Å². The number of benzene rings is 2. The van der Waals surface area contributed by atoms with E-state index in [0.717, 1.165) is 5.56 Å². The SMILES string of the molecule is FC(F)(F)Oc1ccc(-n2cnc(-c3ccc(C4CC4)cc3)n2)cc1. The second kappa shape index (κ2) is 5.91. The van der Waals surface area contributed by atoms with E-state index in [9.17, 15) is 13.2 Å². The second-order valence-electron chi connectivity index (χ2n) is 5.95. The summed E-state index contributed by atoms with van der Waals surface area (Å²) >= 11 is 0. The molecule has 0 unspecified atom stereocenters. The molecule has 0 amide bonds. The van der Waals surface area contributed by atoms with Crippen LogP contribution in [0.1, 0.15) is 24.3 Å². The zero-order valence-corrected chi connectivity index (χ0v) is 13.1. The van der Waals surface area contributed by atoms with E-state index >= 15 is 0 Å². The third kappa shape index (κ3) is 3.65. The van der Waals surface area contributed by atoms with Gasteiger partial charge < -0.3 is 4.74 Å². The summed E-state index contributed by atoms with van der Waals surface area (Å²) < 4.78 is 41.9. The molecule has 25 heavy (non-hydrogen) atoms. The van der Waals surface area contributed by atoms with Gasteiger partial charge in [-0.25, -0.2) is 9.67 Å². The van der Waals surface area contributed by atoms with E-state index < -0.39 is 6.36 Å². The van der Waals surface area contributed by atoms with Crippen molar-refractivity contribution in [3.8, 4) is 22.8 Å². The van der Waals surface area contributed by atoms with Gasteiger partial charge in [-0.05, 0) is 48.6 Å². The number of hydrogen-bond acceptors (Lipinski definition) is 3. The maximum atomic E-state index is 12.2. The zero-order chi connectivity index (χ0) is 17.4. The lowest BCUT2D eigenvalue weighted by Gasteiger charge is -2.09. The van der Waals surface area contributed by atoms with Crippen molar-refractivity contribution in [2.45, 2.75) is 25.1 Å². The quantitative estimate of drug-likeness (QED) is 0.687. The van der Waals surface area contributed by atoms with Crippen LogP contribution in [0.15, 0.2) is 54.9 Å². The molecule has 3 aromatic rings. The van der Waals surface area contributed by atoms with Crippen LogP contribution >= 0.6 is 0 Å². The molecule has 0 atom stereocenters. The molecule has 1 heterocycles. The third-order valence-corrected chi connectivity index (χ3v) is 4.04. The molecular formula is C18H14F3N3O. The van der Waals surface area contributed by atoms with Crippen molar-refractivity contribution >= 4 is 0 Å². The second-order valence-corrected chi connectivity index (χ2v) is 5.95. The molecule has 1 aliphatic rings. The van der Waals surface area contributed by atoms with Crippen LogP contribution in [-0.4, -0.2) is 21.1 Å². The maximum absolute atomic E-state index is 12.2. The van der Waals surface area contributed by atoms with Crippen LogP contribution in [0.5, 0.6) is 5.75 Å². The fourth-order valence-corrected chi connectivity index (χ4v) is 2.64. The summed E-state index contributed by atoms with van der Waals surface area (Å²) in [6, 6.07) is 13.7. The summed E-state index contributed by atoms with van der Waals surface area (Å²) in [6.07, 6.45) is -0.668. The number of nitrogens with zero attached hydrogens (tertiary/aromatic N) is 3. The molecule has 1 saturated carbocycles. The molecule has 4 rings (SSSR count). The number of ether oxygens (including phenoxy) is 1. The van der Waals surface area contributed by atoms with Gasteiger partial charge in [0.05, 0.1) is 5.69 Å². The summed E-state index contributed by atoms with van der Waals surface area (Å²) in [6.45, 7) is 0. The highest BCUT2D eigenvalue weighted by atomic mass is 19.4. The van der Waals surface area contributed by atoms with Crippen LogP contribution < -0.4 is 4.74 Å². The molecule has 1 fully saturated rings. The molecule has 0 spiro atoms. The van der Waals surface area contributed by atoms with Crippen LogP contribution in [0.25, 0.3) is 17.1 Å². The summed E-state index contributed by atoms with van der Waals surface area (Å²) in [5.41, 5.74) is 2.84. The molecule has 2 aromatic carbocycles. The van der Waals surface area contributed by atoms with E-state index in [1.165, 1.54) is 53.7 Å². The summed E-state index contributed by atoms with van der Waals surface area (Å²) in [5.74, 6) is 0.988. The highest BCUT2D eigenvalue weighted by Gasteiger charge is 2.31. The van der Waals surface area contributed by atoms with E-state index in [0.29, 0.717) is 17.4 Å². The van der Waals surface area contributed by atoms with Crippen LogP contribution in [0, 0.1) is 0 Å². The minimum Gasteiger partial charge on any atom is -0.406 e. The van der Waals surface area contributed by atoms with Crippen molar-refractivity contribution in [3.63, 3.8) is 0 Å². The lowest BCUT2D eigenvalue weighted by atomic mass is 10.1. The van der Waals surface area contributed by atoms with E-state index in [2.05, 4.69) is 27.0 Å². The van der Waals surface area contributed by atoms with Gasteiger partial charge in [0.1, 0.15) is 12.1 Å². The van der Waals surface area contributed by atoms with Crippen molar-refractivity contribution in [1.29, 1.82) is 0 Å². The van der Waals surface area contributed by atoms with Gasteiger partial charge in [0, 0.05) is 5.56 Å². The smallest absolute Gasteiger partial charge is 0.406 e. The third-order valence-electron chi connectivity index (χ3n) is 4.04. The standard InChI is InChI=1S/C18H14F3N3O/c19-18(20,21)25-16-9-7-15(8-10-16)24-11-22-17(23-24)14-5-3-13(4-6-14)12-1-2-12/h3-12H,1-2H2. The van der Waals surface area contributed by atoms with Crippen molar-refractivity contribution < 1.29 is 17.9 Å². The monoisotopic (exact) mass is 345 g/mol. The highest BCUT2D eigenvalue weighted by Crippen LogP contribution is 2.40. The molecule has 0 N–H and O–H groups in total. The van der Waals surface area contributed by atoms with Gasteiger partial charge in [-0.15, -0.1) is 18.3 Å². The molecule has 128 valence electrons. The Hall–Kier alpha value is -2.83. The minimum atomic E-state index is -4.70. The van der Waals surface area contributed by atoms with E-state index in [-0.39, 0.29) is 5.75 Å². The Kier molecular flexibility index (Phi) is 3.71. The summed E-state index contributed by atoms with van der Waals surface area (Å²) in [5, 5.41) is 4.39. The van der Waals surface area contributed by atoms with Gasteiger partial charge in [0.15, 0.2) is 5.82 Å². The predicted octanol–water partition coefficient (Wildman–Crippen LogP) is 4.71. The Morgan fingerprint density at radius 3 is 2.24 bits per heavy atom. The Morgan fingerprint density at radius 2 is 1.64 bits per heavy atom. The number of aromatic nitrogens is 3. The van der Waals surface area contributed by atoms with Crippen molar-refractivity contribution in [1.82, 2.24) is 14.8 Å². The lowest BCUT2D eigenvalue weighted by molar-refractivity contribution is -0.274. The first-order valence-corrected chi connectivity index (χ1v) is 7.86. The van der Waals surface area contributed by atoms with E-state index in [1.807, 2.05) is 12.1 Å². The fourth-order valence-electron chi connectivity index (χ4n) is 2.64. The largest absolute Gasteiger partial charge is 0.573 e. The van der Waals surface area contributed by atoms with Gasteiger partial charge in [0.2, 0.25) is 0 Å². The molecule has 4 nitrogen and oxygen atoms in total. The Bertz CT molecular complexity index is 866. The average Bonchev–Trinajstić information content (AvgIpc) is 3.31. The summed E-state index contributed by atoms with van der Waals surface area (Å²) in [4.78, 5) is 4.28. The van der Waals surface area contributed by atoms with Crippen LogP contribution in [0.4, 0.5) is 13.2 Å². The fraction of sp³-hybridized carbons (Fsp3) is 0.222. The van der Waals surface area contributed by atoms with Crippen LogP contribution in [0.3, 0.4) is 0 Å². The predicted molar refractivity (Wildman–Crippen MR) is 85.5 cm³/mol. The number of hydrogen-bond donors (Lipinski definition) is 0. The first-order chi connectivity index (χ1) is 12.0. The molecule has 7 heteroatoms. The Morgan fingerprint density at radius 1 is 0.960 bits per heavy atom. The molecule has 0 radical (unpaired) electrons. The lowest BCUT2D eigenvalue weighted by Crippen LogP contribution is -2.17. The molecule has 0 saturated heterocycles. The Labute approximate surface area is 141 Å². The van der Waals surface area contributed by atoms with Crippen LogP contribution in [-0.2, 0) is 0 Å². The average molecular weight is 345 g/mol. The van der Waals surface area contributed by atoms with Gasteiger partial charge in [0.25, 0.3) is 0 Å². The normalized spacial score (nSPS) is 14.5. The zero-order valence-electron chi connectivity index (χ0n) is 13.1. The molecular weight excluding hydrogens is 331 g/mol. The summed E-state index contributed by atoms with van der Waals surface area (Å²) in [7, 11) is 0. The van der Waals surface area contributed by atoms with E-state index in [4.69, 9.17) is 0 Å². The number of halogens is 3. The van der Waals surface area contributed by atoms with Gasteiger partial charge in [-0.2, -0.15) is 0 Å². The van der Waals surface area contributed by atoms with Gasteiger partial charge in [-0.3, -0.25) is 0 Å². The number of alkyl halides is 3. The van der Waals surface area contributed by atoms with E-state index in [1.54, 1.807) is 0 Å². The first-order valence-electron chi connectivity index (χ1n) is 7.86.